The van der Waals surface area contributed by atoms with Gasteiger partial charge in [0, 0.05) is 18.2 Å². The van der Waals surface area contributed by atoms with Gasteiger partial charge in [-0.25, -0.2) is 13.6 Å². The van der Waals surface area contributed by atoms with Gasteiger partial charge < -0.3 is 25.2 Å². The predicted molar refractivity (Wildman–Crippen MR) is 87.9 cm³/mol. The van der Waals surface area contributed by atoms with Crippen LogP contribution in [-0.4, -0.2) is 31.9 Å². The maximum atomic E-state index is 13.5. The molecule has 0 spiro atoms. The van der Waals surface area contributed by atoms with Gasteiger partial charge in [0.25, 0.3) is 0 Å². The monoisotopic (exact) mass is 352 g/mol. The summed E-state index contributed by atoms with van der Waals surface area (Å²) in [5, 5.41) is 14.9. The molecule has 0 aromatic heterocycles. The minimum atomic E-state index is -1.08. The first-order valence-electron chi connectivity index (χ1n) is 7.34. The lowest BCUT2D eigenvalue weighted by atomic mass is 10.1. The van der Waals surface area contributed by atoms with Gasteiger partial charge in [0.15, 0.2) is 0 Å². The Balaban J connectivity index is 1.99. The molecule has 0 bridgehead atoms. The maximum Gasteiger partial charge on any atom is 0.319 e. The Kier molecular flexibility index (Phi) is 6.13. The number of urea groups is 1. The summed E-state index contributed by atoms with van der Waals surface area (Å²) in [6.45, 7) is -0.155. The summed E-state index contributed by atoms with van der Waals surface area (Å²) in [5.41, 5.74) is 0.252. The number of aliphatic hydroxyl groups is 1. The molecule has 0 aliphatic carbocycles. The van der Waals surface area contributed by atoms with E-state index >= 15 is 0 Å². The number of nitrogens with one attached hydrogen (secondary N) is 2. The van der Waals surface area contributed by atoms with E-state index in [1.807, 2.05) is 0 Å². The van der Waals surface area contributed by atoms with Gasteiger partial charge >= 0.3 is 6.03 Å². The Labute approximate surface area is 143 Å². The van der Waals surface area contributed by atoms with Crippen molar-refractivity contribution >= 4 is 11.7 Å². The molecular weight excluding hydrogens is 334 g/mol. The average molecular weight is 352 g/mol. The van der Waals surface area contributed by atoms with Gasteiger partial charge in [-0.2, -0.15) is 0 Å². The summed E-state index contributed by atoms with van der Waals surface area (Å²) in [6, 6.07) is 6.93. The van der Waals surface area contributed by atoms with Crippen molar-refractivity contribution in [2.75, 3.05) is 26.1 Å². The van der Waals surface area contributed by atoms with Gasteiger partial charge in [-0.15, -0.1) is 0 Å². The third-order valence-corrected chi connectivity index (χ3v) is 3.43. The molecule has 25 heavy (non-hydrogen) atoms. The molecule has 1 atom stereocenters. The molecule has 134 valence electrons. The van der Waals surface area contributed by atoms with E-state index in [-0.39, 0.29) is 12.2 Å². The Morgan fingerprint density at radius 1 is 1.16 bits per heavy atom. The molecule has 2 rings (SSSR count). The van der Waals surface area contributed by atoms with Crippen LogP contribution >= 0.6 is 0 Å². The first kappa shape index (κ1) is 18.5. The molecule has 8 heteroatoms. The van der Waals surface area contributed by atoms with E-state index in [1.165, 1.54) is 14.2 Å². The molecular formula is C17H18F2N2O4. The molecule has 0 aliphatic heterocycles. The number of methoxy groups -OCH3 is 2. The van der Waals surface area contributed by atoms with Crippen molar-refractivity contribution in [1.29, 1.82) is 0 Å². The Morgan fingerprint density at radius 2 is 1.92 bits per heavy atom. The zero-order chi connectivity index (χ0) is 18.4. The fraction of sp³-hybridized carbons (Fsp3) is 0.235. The number of carbonyl (C=O) groups is 1. The number of ether oxygens (including phenoxy) is 2. The van der Waals surface area contributed by atoms with Crippen LogP contribution in [0.2, 0.25) is 0 Å². The second-order valence-electron chi connectivity index (χ2n) is 5.08. The topological polar surface area (TPSA) is 79.8 Å². The van der Waals surface area contributed by atoms with Crippen molar-refractivity contribution in [2.24, 2.45) is 0 Å². The van der Waals surface area contributed by atoms with Crippen LogP contribution in [-0.2, 0) is 0 Å². The van der Waals surface area contributed by atoms with Crippen molar-refractivity contribution in [3.05, 3.63) is 53.6 Å². The van der Waals surface area contributed by atoms with Crippen molar-refractivity contribution in [3.8, 4) is 11.5 Å². The van der Waals surface area contributed by atoms with E-state index in [0.29, 0.717) is 23.1 Å². The zero-order valence-electron chi connectivity index (χ0n) is 13.7. The first-order valence-corrected chi connectivity index (χ1v) is 7.34. The van der Waals surface area contributed by atoms with Gasteiger partial charge in [0.2, 0.25) is 0 Å². The lowest BCUT2D eigenvalue weighted by Gasteiger charge is -2.17. The van der Waals surface area contributed by atoms with Crippen molar-refractivity contribution in [2.45, 2.75) is 6.10 Å². The second-order valence-corrected chi connectivity index (χ2v) is 5.08. The van der Waals surface area contributed by atoms with Gasteiger partial charge in [-0.1, -0.05) is 0 Å². The fourth-order valence-corrected chi connectivity index (χ4v) is 2.16. The van der Waals surface area contributed by atoms with Crippen molar-refractivity contribution < 1.29 is 28.2 Å². The fourth-order valence-electron chi connectivity index (χ4n) is 2.16. The molecule has 2 aromatic carbocycles. The summed E-state index contributed by atoms with van der Waals surface area (Å²) in [4.78, 5) is 11.8. The summed E-state index contributed by atoms with van der Waals surface area (Å²) in [5.74, 6) is -0.693. The molecule has 0 saturated heterocycles. The van der Waals surface area contributed by atoms with Crippen LogP contribution in [0.3, 0.4) is 0 Å². The molecule has 1 unspecified atom stereocenters. The molecule has 0 fully saturated rings. The van der Waals surface area contributed by atoms with Crippen LogP contribution < -0.4 is 20.1 Å². The highest BCUT2D eigenvalue weighted by molar-refractivity contribution is 5.89. The Morgan fingerprint density at radius 3 is 2.56 bits per heavy atom. The minimum absolute atomic E-state index is 0.155. The van der Waals surface area contributed by atoms with Gasteiger partial charge in [-0.05, 0) is 30.3 Å². The molecule has 2 aromatic rings. The largest absolute Gasteiger partial charge is 0.497 e. The van der Waals surface area contributed by atoms with E-state index < -0.39 is 23.8 Å². The van der Waals surface area contributed by atoms with E-state index in [4.69, 9.17) is 9.47 Å². The second kappa shape index (κ2) is 8.29. The van der Waals surface area contributed by atoms with Crippen LogP contribution in [0, 0.1) is 11.6 Å². The lowest BCUT2D eigenvalue weighted by Crippen LogP contribution is -2.32. The van der Waals surface area contributed by atoms with Crippen LogP contribution in [0.4, 0.5) is 19.3 Å². The van der Waals surface area contributed by atoms with Gasteiger partial charge in [0.05, 0.1) is 19.9 Å². The van der Waals surface area contributed by atoms with Crippen molar-refractivity contribution in [3.63, 3.8) is 0 Å². The number of aliphatic hydroxyl groups excluding tert-OH is 1. The highest BCUT2D eigenvalue weighted by atomic mass is 19.1. The standard InChI is InChI=1S/C17H18F2N2O4/c1-24-11-4-6-16(25-2)12(8-11)15(22)9-20-17(23)21-14-5-3-10(18)7-13(14)19/h3-8,15,22H,9H2,1-2H3,(H2,20,21,23). The molecule has 6 nitrogen and oxygen atoms in total. The zero-order valence-corrected chi connectivity index (χ0v) is 13.7. The lowest BCUT2D eigenvalue weighted by molar-refractivity contribution is 0.170. The number of amides is 2. The summed E-state index contributed by atoms with van der Waals surface area (Å²) in [7, 11) is 2.94. The quantitative estimate of drug-likeness (QED) is 0.747. The SMILES string of the molecule is COc1ccc(OC)c(C(O)CNC(=O)Nc2ccc(F)cc2F)c1. The van der Waals surface area contributed by atoms with Gasteiger partial charge in [-0.3, -0.25) is 0 Å². The average Bonchev–Trinajstić information content (AvgIpc) is 2.61. The van der Waals surface area contributed by atoms with E-state index in [1.54, 1.807) is 18.2 Å². The van der Waals surface area contributed by atoms with Crippen LogP contribution in [0.5, 0.6) is 11.5 Å². The smallest absolute Gasteiger partial charge is 0.319 e. The normalized spacial score (nSPS) is 11.6. The highest BCUT2D eigenvalue weighted by Crippen LogP contribution is 2.29. The highest BCUT2D eigenvalue weighted by Gasteiger charge is 2.16. The van der Waals surface area contributed by atoms with Crippen molar-refractivity contribution in [1.82, 2.24) is 5.32 Å². The third kappa shape index (κ3) is 4.80. The van der Waals surface area contributed by atoms with Crippen LogP contribution in [0.25, 0.3) is 0 Å². The Bertz CT molecular complexity index is 755. The van der Waals surface area contributed by atoms with Gasteiger partial charge in [0.1, 0.15) is 29.2 Å². The number of hydrogen-bond acceptors (Lipinski definition) is 4. The number of hydrogen-bond donors (Lipinski definition) is 3. The maximum absolute atomic E-state index is 13.5. The summed E-state index contributed by atoms with van der Waals surface area (Å²) < 4.78 is 36.6. The summed E-state index contributed by atoms with van der Waals surface area (Å²) in [6.07, 6.45) is -1.08. The minimum Gasteiger partial charge on any atom is -0.497 e. The van der Waals surface area contributed by atoms with Crippen LogP contribution in [0.15, 0.2) is 36.4 Å². The number of anilines is 1. The Hall–Kier alpha value is -2.87. The number of benzene rings is 2. The molecule has 2 amide bonds. The molecule has 3 N–H and O–H groups in total. The van der Waals surface area contributed by atoms with E-state index in [0.717, 1.165) is 12.1 Å². The van der Waals surface area contributed by atoms with E-state index in [9.17, 15) is 18.7 Å². The van der Waals surface area contributed by atoms with Crippen LogP contribution in [0.1, 0.15) is 11.7 Å². The van der Waals surface area contributed by atoms with E-state index in [2.05, 4.69) is 10.6 Å². The molecule has 0 heterocycles. The number of halogens is 2. The number of carbonyl (C=O) groups excluding carboxylic acids is 1. The number of rotatable bonds is 6. The molecule has 0 radical (unpaired) electrons. The predicted octanol–water partition coefficient (Wildman–Crippen LogP) is 2.84. The first-order chi connectivity index (χ1) is 11.9. The third-order valence-electron chi connectivity index (χ3n) is 3.43. The molecule has 0 aliphatic rings. The molecule has 0 saturated carbocycles. The summed E-state index contributed by atoms with van der Waals surface area (Å²) >= 11 is 0.